The molecule has 1 heterocycles. The summed E-state index contributed by atoms with van der Waals surface area (Å²) in [6.07, 6.45) is 9.10. The summed E-state index contributed by atoms with van der Waals surface area (Å²) in [7, 11) is 0. The number of aromatic nitrogens is 2. The summed E-state index contributed by atoms with van der Waals surface area (Å²) in [5.74, 6) is 0.938. The minimum Gasteiger partial charge on any atom is -0.494 e. The van der Waals surface area contributed by atoms with E-state index >= 15 is 0 Å². The number of halogens is 1. The summed E-state index contributed by atoms with van der Waals surface area (Å²) in [6.45, 7) is 1.82. The number of imidazole rings is 1. The number of aryl methyl sites for hydroxylation is 1. The topological polar surface area (TPSA) is 27.1 Å². The number of ether oxygens (including phenoxy) is 1. The SMILES string of the molecule is Brc1ccc(OCCCCCn2ccnc2)cc1. The maximum atomic E-state index is 5.66. The number of unbranched alkanes of at least 4 members (excludes halogenated alkanes) is 2. The van der Waals surface area contributed by atoms with E-state index in [0.29, 0.717) is 0 Å². The van der Waals surface area contributed by atoms with E-state index in [9.17, 15) is 0 Å². The lowest BCUT2D eigenvalue weighted by Gasteiger charge is -2.06. The van der Waals surface area contributed by atoms with Gasteiger partial charge < -0.3 is 9.30 Å². The van der Waals surface area contributed by atoms with Crippen molar-refractivity contribution in [3.8, 4) is 5.75 Å². The van der Waals surface area contributed by atoms with Crippen LogP contribution in [0.1, 0.15) is 19.3 Å². The fourth-order valence-electron chi connectivity index (χ4n) is 1.71. The molecule has 0 fully saturated rings. The van der Waals surface area contributed by atoms with E-state index in [-0.39, 0.29) is 0 Å². The van der Waals surface area contributed by atoms with Gasteiger partial charge in [0.25, 0.3) is 0 Å². The van der Waals surface area contributed by atoms with Gasteiger partial charge in [0, 0.05) is 23.4 Å². The zero-order chi connectivity index (χ0) is 12.6. The van der Waals surface area contributed by atoms with Gasteiger partial charge in [-0.2, -0.15) is 0 Å². The molecule has 2 aromatic rings. The molecule has 0 saturated heterocycles. The van der Waals surface area contributed by atoms with Crippen LogP contribution in [-0.4, -0.2) is 16.2 Å². The van der Waals surface area contributed by atoms with Crippen molar-refractivity contribution in [1.29, 1.82) is 0 Å². The van der Waals surface area contributed by atoms with Crippen molar-refractivity contribution < 1.29 is 4.74 Å². The van der Waals surface area contributed by atoms with Crippen molar-refractivity contribution in [3.05, 3.63) is 47.5 Å². The van der Waals surface area contributed by atoms with Gasteiger partial charge in [-0.25, -0.2) is 4.98 Å². The molecule has 0 aliphatic carbocycles. The first-order valence-corrected chi connectivity index (χ1v) is 6.98. The molecule has 0 amide bonds. The smallest absolute Gasteiger partial charge is 0.119 e. The predicted molar refractivity (Wildman–Crippen MR) is 75.7 cm³/mol. The molecule has 0 saturated carbocycles. The second kappa shape index (κ2) is 7.21. The molecule has 3 nitrogen and oxygen atoms in total. The average Bonchev–Trinajstić information content (AvgIpc) is 2.89. The van der Waals surface area contributed by atoms with Gasteiger partial charge in [-0.05, 0) is 43.5 Å². The van der Waals surface area contributed by atoms with E-state index in [0.717, 1.165) is 29.8 Å². The highest BCUT2D eigenvalue weighted by Crippen LogP contribution is 2.16. The molecule has 1 aromatic carbocycles. The van der Waals surface area contributed by atoms with E-state index in [1.54, 1.807) is 0 Å². The monoisotopic (exact) mass is 308 g/mol. The second-order valence-corrected chi connectivity index (χ2v) is 5.08. The third-order valence-electron chi connectivity index (χ3n) is 2.70. The Bertz CT molecular complexity index is 439. The third kappa shape index (κ3) is 4.53. The molecular weight excluding hydrogens is 292 g/mol. The third-order valence-corrected chi connectivity index (χ3v) is 3.23. The molecule has 2 rings (SSSR count). The van der Waals surface area contributed by atoms with Gasteiger partial charge in [-0.3, -0.25) is 0 Å². The molecule has 0 aliphatic rings. The minimum atomic E-state index is 0.783. The van der Waals surface area contributed by atoms with Crippen LogP contribution in [0.4, 0.5) is 0 Å². The Morgan fingerprint density at radius 1 is 1.11 bits per heavy atom. The molecule has 0 unspecified atom stereocenters. The van der Waals surface area contributed by atoms with Crippen molar-refractivity contribution >= 4 is 15.9 Å². The Morgan fingerprint density at radius 3 is 2.67 bits per heavy atom. The summed E-state index contributed by atoms with van der Waals surface area (Å²) < 4.78 is 8.84. The zero-order valence-electron chi connectivity index (χ0n) is 10.3. The molecular formula is C14H17BrN2O. The Balaban J connectivity index is 1.55. The van der Waals surface area contributed by atoms with Crippen molar-refractivity contribution in [2.24, 2.45) is 0 Å². The summed E-state index contributed by atoms with van der Waals surface area (Å²) in [5, 5.41) is 0. The van der Waals surface area contributed by atoms with Crippen LogP contribution in [0.25, 0.3) is 0 Å². The van der Waals surface area contributed by atoms with Gasteiger partial charge in [-0.1, -0.05) is 15.9 Å². The van der Waals surface area contributed by atoms with Gasteiger partial charge in [0.2, 0.25) is 0 Å². The quantitative estimate of drug-likeness (QED) is 0.725. The summed E-state index contributed by atoms with van der Waals surface area (Å²) in [5.41, 5.74) is 0. The Hall–Kier alpha value is -1.29. The van der Waals surface area contributed by atoms with Crippen LogP contribution in [0.15, 0.2) is 47.5 Å². The van der Waals surface area contributed by atoms with Crippen LogP contribution in [-0.2, 0) is 6.54 Å². The van der Waals surface area contributed by atoms with Gasteiger partial charge in [0.05, 0.1) is 12.9 Å². The first-order valence-electron chi connectivity index (χ1n) is 6.19. The standard InChI is InChI=1S/C14H17BrN2O/c15-13-4-6-14(7-5-13)18-11-3-1-2-9-17-10-8-16-12-17/h4-8,10,12H,1-3,9,11H2. The highest BCUT2D eigenvalue weighted by Gasteiger charge is 1.95. The lowest BCUT2D eigenvalue weighted by atomic mass is 10.2. The first-order chi connectivity index (χ1) is 8.84. The fourth-order valence-corrected chi connectivity index (χ4v) is 1.98. The highest BCUT2D eigenvalue weighted by atomic mass is 79.9. The molecule has 0 aliphatic heterocycles. The van der Waals surface area contributed by atoms with Crippen molar-refractivity contribution in [2.75, 3.05) is 6.61 Å². The Kier molecular flexibility index (Phi) is 5.27. The van der Waals surface area contributed by atoms with E-state index in [1.807, 2.05) is 43.0 Å². The molecule has 0 bridgehead atoms. The van der Waals surface area contributed by atoms with Crippen LogP contribution in [0, 0.1) is 0 Å². The van der Waals surface area contributed by atoms with Crippen molar-refractivity contribution in [1.82, 2.24) is 9.55 Å². The lowest BCUT2D eigenvalue weighted by molar-refractivity contribution is 0.304. The van der Waals surface area contributed by atoms with Crippen LogP contribution < -0.4 is 4.74 Å². The second-order valence-electron chi connectivity index (χ2n) is 4.16. The van der Waals surface area contributed by atoms with E-state index in [2.05, 4.69) is 25.5 Å². The van der Waals surface area contributed by atoms with Gasteiger partial charge in [-0.15, -0.1) is 0 Å². The highest BCUT2D eigenvalue weighted by molar-refractivity contribution is 9.10. The molecule has 0 radical (unpaired) electrons. The van der Waals surface area contributed by atoms with Gasteiger partial charge in [0.1, 0.15) is 5.75 Å². The molecule has 96 valence electrons. The van der Waals surface area contributed by atoms with Crippen molar-refractivity contribution in [3.63, 3.8) is 0 Å². The van der Waals surface area contributed by atoms with Gasteiger partial charge in [0.15, 0.2) is 0 Å². The maximum absolute atomic E-state index is 5.66. The van der Waals surface area contributed by atoms with Crippen LogP contribution >= 0.6 is 15.9 Å². The number of benzene rings is 1. The Morgan fingerprint density at radius 2 is 1.94 bits per heavy atom. The number of hydrogen-bond donors (Lipinski definition) is 0. The molecule has 0 atom stereocenters. The summed E-state index contributed by atoms with van der Waals surface area (Å²) >= 11 is 3.40. The molecule has 1 aromatic heterocycles. The lowest BCUT2D eigenvalue weighted by Crippen LogP contribution is -1.99. The minimum absolute atomic E-state index is 0.783. The molecule has 0 N–H and O–H groups in total. The zero-order valence-corrected chi connectivity index (χ0v) is 11.8. The first kappa shape index (κ1) is 13.1. The maximum Gasteiger partial charge on any atom is 0.119 e. The van der Waals surface area contributed by atoms with E-state index in [1.165, 1.54) is 12.8 Å². The van der Waals surface area contributed by atoms with Crippen LogP contribution in [0.3, 0.4) is 0 Å². The summed E-state index contributed by atoms with van der Waals surface area (Å²) in [6, 6.07) is 7.95. The number of hydrogen-bond acceptors (Lipinski definition) is 2. The average molecular weight is 309 g/mol. The van der Waals surface area contributed by atoms with Crippen molar-refractivity contribution in [2.45, 2.75) is 25.8 Å². The molecule has 18 heavy (non-hydrogen) atoms. The largest absolute Gasteiger partial charge is 0.494 e. The normalized spacial score (nSPS) is 10.5. The number of nitrogens with zero attached hydrogens (tertiary/aromatic N) is 2. The van der Waals surface area contributed by atoms with Crippen LogP contribution in [0.2, 0.25) is 0 Å². The van der Waals surface area contributed by atoms with E-state index in [4.69, 9.17) is 4.74 Å². The fraction of sp³-hybridized carbons (Fsp3) is 0.357. The molecule has 0 spiro atoms. The van der Waals surface area contributed by atoms with Crippen LogP contribution in [0.5, 0.6) is 5.75 Å². The van der Waals surface area contributed by atoms with E-state index < -0.39 is 0 Å². The predicted octanol–water partition coefficient (Wildman–Crippen LogP) is 3.89. The summed E-state index contributed by atoms with van der Waals surface area (Å²) in [4.78, 5) is 4.02. The number of rotatable bonds is 7. The molecule has 4 heteroatoms. The van der Waals surface area contributed by atoms with Gasteiger partial charge >= 0.3 is 0 Å². The Labute approximate surface area is 116 Å².